The molecule has 51 heavy (non-hydrogen) atoms. The van der Waals surface area contributed by atoms with Crippen LogP contribution in [0.5, 0.6) is 5.75 Å². The molecular formula is C40H29Cl2FN2O6. The Morgan fingerprint density at radius 3 is 2.08 bits per heavy atom. The van der Waals surface area contributed by atoms with Crippen LogP contribution >= 0.6 is 23.2 Å². The Hall–Kier alpha value is -5.12. The summed E-state index contributed by atoms with van der Waals surface area (Å²) in [6.07, 6.45) is 1.67. The van der Waals surface area contributed by atoms with Crippen molar-refractivity contribution in [2.45, 2.75) is 35.4 Å². The van der Waals surface area contributed by atoms with Gasteiger partial charge in [0.25, 0.3) is 11.8 Å². The number of phenols is 1. The maximum absolute atomic E-state index is 14.5. The summed E-state index contributed by atoms with van der Waals surface area (Å²) >= 11 is 14.8. The number of anilines is 2. The van der Waals surface area contributed by atoms with Crippen molar-refractivity contribution in [1.29, 1.82) is 0 Å². The number of benzene rings is 4. The maximum atomic E-state index is 14.5. The fourth-order valence-electron chi connectivity index (χ4n) is 8.43. The van der Waals surface area contributed by atoms with E-state index in [2.05, 4.69) is 0 Å². The van der Waals surface area contributed by atoms with Crippen molar-refractivity contribution in [3.8, 4) is 5.75 Å². The van der Waals surface area contributed by atoms with Gasteiger partial charge in [-0.1, -0.05) is 60.2 Å². The highest BCUT2D eigenvalue weighted by atomic mass is 35.5. The fourth-order valence-corrected chi connectivity index (χ4v) is 9.36. The van der Waals surface area contributed by atoms with Gasteiger partial charge in [-0.25, -0.2) is 9.29 Å². The molecule has 4 aliphatic rings. The zero-order valence-corrected chi connectivity index (χ0v) is 28.6. The van der Waals surface area contributed by atoms with E-state index in [9.17, 15) is 33.5 Å². The van der Waals surface area contributed by atoms with E-state index in [1.165, 1.54) is 12.1 Å². The van der Waals surface area contributed by atoms with Gasteiger partial charge in [0.2, 0.25) is 11.8 Å². The normalized spacial score (nSPS) is 28.4. The minimum Gasteiger partial charge on any atom is -0.507 e. The predicted octanol–water partition coefficient (Wildman–Crippen LogP) is 6.84. The van der Waals surface area contributed by atoms with E-state index in [0.717, 1.165) is 21.9 Å². The van der Waals surface area contributed by atoms with Crippen molar-refractivity contribution in [3.63, 3.8) is 0 Å². The zero-order valence-electron chi connectivity index (χ0n) is 27.1. The summed E-state index contributed by atoms with van der Waals surface area (Å²) in [6, 6.07) is 24.7. The van der Waals surface area contributed by atoms with Crippen molar-refractivity contribution in [3.05, 3.63) is 137 Å². The van der Waals surface area contributed by atoms with Crippen LogP contribution in [0.4, 0.5) is 15.8 Å². The highest BCUT2D eigenvalue weighted by Gasteiger charge is 2.77. The molecule has 11 heteroatoms. The molecular weight excluding hydrogens is 694 g/mol. The molecule has 2 saturated heterocycles. The van der Waals surface area contributed by atoms with Gasteiger partial charge >= 0.3 is 0 Å². The third kappa shape index (κ3) is 4.60. The van der Waals surface area contributed by atoms with Crippen LogP contribution in [0.25, 0.3) is 0 Å². The van der Waals surface area contributed by atoms with Gasteiger partial charge in [0.15, 0.2) is 15.5 Å². The zero-order chi connectivity index (χ0) is 36.0. The van der Waals surface area contributed by atoms with Crippen molar-refractivity contribution >= 4 is 64.0 Å². The lowest BCUT2D eigenvalue weighted by Gasteiger charge is -2.50. The number of carbonyl (C=O) groups is 5. The third-order valence-corrected chi connectivity index (χ3v) is 12.3. The number of fused-ring (bicyclic) bond motifs is 4. The summed E-state index contributed by atoms with van der Waals surface area (Å²) in [7, 11) is 0. The molecule has 1 N–H and O–H groups in total. The fraction of sp³-hybridized carbons (Fsp3) is 0.225. The Morgan fingerprint density at radius 1 is 0.765 bits per heavy atom. The van der Waals surface area contributed by atoms with E-state index >= 15 is 0 Å². The molecule has 2 aliphatic heterocycles. The van der Waals surface area contributed by atoms with Gasteiger partial charge in [0.05, 0.1) is 23.2 Å². The van der Waals surface area contributed by atoms with E-state index in [0.29, 0.717) is 22.3 Å². The van der Waals surface area contributed by atoms with Crippen LogP contribution in [0.3, 0.4) is 0 Å². The van der Waals surface area contributed by atoms with Crippen molar-refractivity contribution in [2.24, 2.45) is 17.8 Å². The number of phenolic OH excluding ortho intramolecular Hbond substituents is 1. The second-order valence-electron chi connectivity index (χ2n) is 13.5. The molecule has 0 unspecified atom stereocenters. The number of hydrogen-bond donors (Lipinski definition) is 1. The smallest absolute Gasteiger partial charge is 0.258 e. The molecule has 6 atom stereocenters. The number of rotatable bonds is 5. The van der Waals surface area contributed by atoms with Gasteiger partial charge in [-0.05, 0) is 79.8 Å². The first-order chi connectivity index (χ1) is 24.4. The molecule has 0 aromatic heterocycles. The first kappa shape index (κ1) is 33.0. The Balaban J connectivity index is 1.21. The second-order valence-corrected chi connectivity index (χ2v) is 14.8. The summed E-state index contributed by atoms with van der Waals surface area (Å²) < 4.78 is 13.9. The molecule has 8 nitrogen and oxygen atoms in total. The van der Waals surface area contributed by atoms with Crippen molar-refractivity contribution in [1.82, 2.24) is 0 Å². The van der Waals surface area contributed by atoms with Gasteiger partial charge < -0.3 is 5.11 Å². The second kappa shape index (κ2) is 11.7. The van der Waals surface area contributed by atoms with E-state index in [4.69, 9.17) is 23.2 Å². The number of amides is 4. The molecule has 0 bridgehead atoms. The van der Waals surface area contributed by atoms with E-state index in [1.54, 1.807) is 79.7 Å². The average Bonchev–Trinajstić information content (AvgIpc) is 3.47. The highest BCUT2D eigenvalue weighted by molar-refractivity contribution is 6.58. The van der Waals surface area contributed by atoms with Crippen molar-refractivity contribution < 1.29 is 33.5 Å². The number of ketones is 1. The molecule has 2 heterocycles. The Morgan fingerprint density at radius 2 is 1.39 bits per heavy atom. The first-order valence-corrected chi connectivity index (χ1v) is 17.2. The highest BCUT2D eigenvalue weighted by Crippen LogP contribution is 2.66. The topological polar surface area (TPSA) is 112 Å². The Labute approximate surface area is 302 Å². The minimum atomic E-state index is -2.16. The molecule has 1 saturated carbocycles. The molecule has 2 aliphatic carbocycles. The number of aromatic hydroxyl groups is 1. The summed E-state index contributed by atoms with van der Waals surface area (Å²) in [5.41, 5.74) is 2.50. The van der Waals surface area contributed by atoms with Crippen LogP contribution < -0.4 is 9.80 Å². The summed E-state index contributed by atoms with van der Waals surface area (Å²) in [5, 5.41) is 11.4. The monoisotopic (exact) mass is 722 g/mol. The van der Waals surface area contributed by atoms with Crippen LogP contribution in [0.15, 0.2) is 109 Å². The molecule has 256 valence electrons. The lowest BCUT2D eigenvalue weighted by atomic mass is 9.56. The summed E-state index contributed by atoms with van der Waals surface area (Å²) in [6.45, 7) is 1.68. The number of para-hydroxylation sites is 1. The van der Waals surface area contributed by atoms with Gasteiger partial charge in [0.1, 0.15) is 11.6 Å². The molecule has 4 aromatic rings. The molecule has 0 radical (unpaired) electrons. The minimum absolute atomic E-state index is 0.0652. The summed E-state index contributed by atoms with van der Waals surface area (Å²) in [4.78, 5) is 68.0. The number of nitrogens with zero attached hydrogens (tertiary/aromatic N) is 2. The Bertz CT molecular complexity index is 2210. The standard InChI is InChI=1S/C40H29Cl2FN2O6/c1-21-6-5-9-29(33(21)46)32-27-18-19-28-31(30(27)20-39(41)37(50)45(38(51)40(32,39)42)26-16-12-24(43)13-17-26)36(49)44(35(28)48)25-14-10-23(11-15-25)34(47)22-7-3-2-4-8-22/h2-18,28,30-32,46H,19-20H2,1H3/t28-,30+,31-,32+,39+,40-/m0/s1. The van der Waals surface area contributed by atoms with E-state index in [1.807, 2.05) is 6.07 Å². The Kier molecular flexibility index (Phi) is 7.59. The van der Waals surface area contributed by atoms with Crippen LogP contribution in [0.1, 0.15) is 45.8 Å². The SMILES string of the molecule is Cc1cccc([C@H]2C3=CC[C@@H]4C(=O)N(c5ccc(C(=O)c6ccccc6)cc5)C(=O)[C@@H]4[C@@H]3C[C@@]3(Cl)C(=O)N(c4ccc(F)cc4)C(=O)[C@@]23Cl)c1O. The molecule has 0 spiro atoms. The van der Waals surface area contributed by atoms with Gasteiger partial charge in [0, 0.05) is 22.6 Å². The number of halogens is 3. The average molecular weight is 724 g/mol. The van der Waals surface area contributed by atoms with Gasteiger partial charge in [-0.15, -0.1) is 23.2 Å². The largest absolute Gasteiger partial charge is 0.507 e. The van der Waals surface area contributed by atoms with E-state index in [-0.39, 0.29) is 41.3 Å². The first-order valence-electron chi connectivity index (χ1n) is 16.5. The lowest BCUT2D eigenvalue weighted by molar-refractivity contribution is -0.125. The number of alkyl halides is 2. The van der Waals surface area contributed by atoms with Gasteiger partial charge in [-0.3, -0.25) is 28.9 Å². The predicted molar refractivity (Wildman–Crippen MR) is 188 cm³/mol. The third-order valence-electron chi connectivity index (χ3n) is 10.9. The number of carbonyl (C=O) groups excluding carboxylic acids is 5. The number of aryl methyl sites for hydroxylation is 1. The molecule has 3 fully saturated rings. The molecule has 4 amide bonds. The van der Waals surface area contributed by atoms with Crippen LogP contribution in [-0.4, -0.2) is 44.3 Å². The lowest BCUT2D eigenvalue weighted by Crippen LogP contribution is -2.60. The van der Waals surface area contributed by atoms with E-state index < -0.39 is 62.9 Å². The number of imide groups is 2. The van der Waals surface area contributed by atoms with Crippen LogP contribution in [-0.2, 0) is 19.2 Å². The number of allylic oxidation sites excluding steroid dienone is 2. The summed E-state index contributed by atoms with van der Waals surface area (Å²) in [5.74, 6) is -7.32. The quantitative estimate of drug-likeness (QED) is 0.105. The molecule has 4 aromatic carbocycles. The van der Waals surface area contributed by atoms with Gasteiger partial charge in [-0.2, -0.15) is 0 Å². The van der Waals surface area contributed by atoms with Crippen LogP contribution in [0.2, 0.25) is 0 Å². The van der Waals surface area contributed by atoms with Crippen molar-refractivity contribution in [2.75, 3.05) is 9.80 Å². The number of hydrogen-bond acceptors (Lipinski definition) is 6. The molecule has 8 rings (SSSR count). The maximum Gasteiger partial charge on any atom is 0.258 e. The van der Waals surface area contributed by atoms with Crippen LogP contribution in [0, 0.1) is 30.5 Å².